The van der Waals surface area contributed by atoms with E-state index >= 15 is 0 Å². The first-order valence-corrected chi connectivity index (χ1v) is 48.9. The van der Waals surface area contributed by atoms with E-state index in [4.69, 9.17) is 0 Å². The van der Waals surface area contributed by atoms with Crippen LogP contribution in [0.25, 0.3) is 160 Å². The summed E-state index contributed by atoms with van der Waals surface area (Å²) in [4.78, 5) is 2.27. The molecule has 0 bridgehead atoms. The van der Waals surface area contributed by atoms with Crippen molar-refractivity contribution in [1.82, 2.24) is 27.4 Å². The molecule has 145 heavy (non-hydrogen) atoms. The van der Waals surface area contributed by atoms with Crippen molar-refractivity contribution in [2.24, 2.45) is 0 Å². The monoisotopic (exact) mass is 1950 g/mol. The zero-order chi connectivity index (χ0) is 97.7. The lowest BCUT2D eigenvalue weighted by Gasteiger charge is -2.26. The number of hydrogen-bond acceptors (Lipinski definition) is 2. The maximum absolute atomic E-state index is 14.2. The summed E-state index contributed by atoms with van der Waals surface area (Å²) in [5.41, 5.74) is 33.2. The molecule has 26 aromatic rings. The number of nitrogens with zero attached hydrogens (tertiary/aromatic N) is 7. The van der Waals surface area contributed by atoms with Crippen LogP contribution in [-0.4, -0.2) is 27.4 Å². The van der Waals surface area contributed by atoms with Crippen molar-refractivity contribution in [3.63, 3.8) is 0 Å². The van der Waals surface area contributed by atoms with Gasteiger partial charge in [-0.25, -0.2) is 26.3 Å². The number of allylic oxidation sites excluding steroid dienone is 1. The molecule has 15 heteroatoms. The maximum Gasteiger partial charge on any atom is 0.131 e. The summed E-state index contributed by atoms with van der Waals surface area (Å²) in [7, 11) is 0. The van der Waals surface area contributed by atoms with Crippen LogP contribution >= 0.6 is 15.9 Å². The Kier molecular flexibility index (Phi) is 23.7. The highest BCUT2D eigenvalue weighted by atomic mass is 79.9. The van der Waals surface area contributed by atoms with E-state index in [9.17, 15) is 26.3 Å². The predicted octanol–water partition coefficient (Wildman–Crippen LogP) is 35.6. The predicted molar refractivity (Wildman–Crippen MR) is 588 cm³/mol. The van der Waals surface area contributed by atoms with Crippen molar-refractivity contribution in [1.29, 1.82) is 0 Å². The minimum atomic E-state index is -0.297. The second-order valence-corrected chi connectivity index (χ2v) is 37.0. The fourth-order valence-electron chi connectivity index (χ4n) is 21.0. The zero-order valence-corrected chi connectivity index (χ0v) is 79.6. The van der Waals surface area contributed by atoms with Crippen LogP contribution in [0.5, 0.6) is 0 Å². The molecule has 0 fully saturated rings. The summed E-state index contributed by atoms with van der Waals surface area (Å²) < 4.78 is 97.0. The fourth-order valence-corrected chi connectivity index (χ4v) is 21.3. The number of benzene rings is 20. The van der Waals surface area contributed by atoms with Crippen LogP contribution in [0.15, 0.2) is 507 Å². The summed E-state index contributed by atoms with van der Waals surface area (Å²) in [5.74, 6) is -1.69. The Balaban J connectivity index is 0.000000103. The molecule has 0 radical (unpaired) electrons. The average molecular weight is 1960 g/mol. The molecule has 0 amide bonds. The molecule has 6 heterocycles. The molecule has 0 saturated heterocycles. The number of aromatic nitrogens is 6. The van der Waals surface area contributed by atoms with Gasteiger partial charge < -0.3 is 10.2 Å². The first-order chi connectivity index (χ1) is 71.3. The first-order valence-electron chi connectivity index (χ1n) is 48.1. The number of anilines is 5. The van der Waals surface area contributed by atoms with E-state index in [0.717, 1.165) is 184 Å². The van der Waals surface area contributed by atoms with Gasteiger partial charge >= 0.3 is 0 Å². The highest BCUT2D eigenvalue weighted by molar-refractivity contribution is 9.10. The molecule has 2 aliphatic carbocycles. The van der Waals surface area contributed by atoms with Crippen LogP contribution in [-0.2, 0) is 12.8 Å². The average Bonchev–Trinajstić information content (AvgIpc) is 1.53. The molecule has 0 atom stereocenters. The molecule has 1 N–H and O–H groups in total. The standard InChI is InChI=1S/C44H29F2N3.C26H15BrF2N2.C26H16F2N2.C18H15N.C16H12/c45-32-17-23-36(24-18-32)48-41-14-8-7-13-39(41)43-40-29-38(27-28-42(40)49(44(43)48)37-25-19-33(46)20-26-37)47(34-11-5-2-6-12-34)35-21-15-31(16-22-35)30-9-3-1-4-10-30;27-16-5-14-24-22(15-16)25-21-3-1-2-4-23(21)30(19-10-6-17(28)7-11-19)26(25)31(24)20-12-8-18(29)9-13-20;27-17-9-13-19(14-10-17)29-23-7-3-1-5-21(23)25-22-6-2-4-8-24(22)30(26(25)29)20-15-11-18(28)12-16-20;1-3-7-15(8-4-1)16-11-13-18(14-12-16)19-17-9-5-2-6-10-17;1-3-7-14-11(5-1)9-13-10-12-6-2-4-8-15(12)16(13)14/h1-29H;1-15H;1-16H;1-14,19H;1-8H,9-10H2. The fraction of sp³-hybridized carbons (Fsp3) is 0.0154. The third-order valence-electron chi connectivity index (χ3n) is 27.4. The molecule has 20 aromatic carbocycles. The molecular formula is C130H87BrF6N8. The highest BCUT2D eigenvalue weighted by Gasteiger charge is 2.31. The maximum atomic E-state index is 14.2. The Morgan fingerprint density at radius 1 is 0.214 bits per heavy atom. The van der Waals surface area contributed by atoms with E-state index in [2.05, 4.69) is 314 Å². The second kappa shape index (κ2) is 38.4. The SMILES string of the molecule is Fc1ccc(-n2c3ccccc3c3c4cc(Br)ccc4n(-c4ccc(F)cc4)c32)cc1.Fc1ccc(-n2c3ccccc3c3c4cc(N(c5ccccc5)c5ccc(-c6ccccc6)cc5)ccc4n(-c4ccc(F)cc4)c32)cc1.Fc1ccc(-n2c3ccccc3c3c4ccccc4n(-c4ccc(F)cc4)c32)cc1.c1ccc(Nc2ccc(-c3ccccc3)cc2)cc1.c1ccc2c(c1)CC1=C2c2ccccc2C1. The normalized spacial score (nSPS) is 11.9. The molecule has 28 rings (SSSR count). The molecule has 8 nitrogen and oxygen atoms in total. The van der Waals surface area contributed by atoms with Gasteiger partial charge in [-0.3, -0.25) is 27.4 Å². The summed E-state index contributed by atoms with van der Waals surface area (Å²) in [6, 6.07) is 161. The number of hydrogen-bond donors (Lipinski definition) is 1. The number of rotatable bonds is 13. The van der Waals surface area contributed by atoms with Crippen molar-refractivity contribution < 1.29 is 26.3 Å². The van der Waals surface area contributed by atoms with Gasteiger partial charge in [-0.15, -0.1) is 0 Å². The minimum Gasteiger partial charge on any atom is -0.356 e. The molecule has 0 aliphatic heterocycles. The summed E-state index contributed by atoms with van der Waals surface area (Å²) in [5, 5.41) is 13.2. The lowest BCUT2D eigenvalue weighted by molar-refractivity contribution is 0.627. The van der Waals surface area contributed by atoms with Crippen LogP contribution in [0, 0.1) is 34.9 Å². The van der Waals surface area contributed by atoms with Crippen molar-refractivity contribution in [3.05, 3.63) is 565 Å². The molecule has 0 spiro atoms. The van der Waals surface area contributed by atoms with Gasteiger partial charge in [-0.05, 0) is 318 Å². The van der Waals surface area contributed by atoms with Crippen LogP contribution in [0.2, 0.25) is 0 Å². The molecule has 0 saturated carbocycles. The van der Waals surface area contributed by atoms with E-state index < -0.39 is 0 Å². The largest absolute Gasteiger partial charge is 0.356 e. The smallest absolute Gasteiger partial charge is 0.131 e. The number of nitrogens with one attached hydrogen (secondary N) is 1. The van der Waals surface area contributed by atoms with Gasteiger partial charge in [0.1, 0.15) is 51.8 Å². The van der Waals surface area contributed by atoms with Crippen LogP contribution in [0.4, 0.5) is 54.8 Å². The van der Waals surface area contributed by atoms with Crippen LogP contribution < -0.4 is 10.2 Å². The van der Waals surface area contributed by atoms with Gasteiger partial charge in [-0.2, -0.15) is 0 Å². The Morgan fingerprint density at radius 3 is 0.841 bits per heavy atom. The van der Waals surface area contributed by atoms with E-state index in [-0.39, 0.29) is 34.9 Å². The number of fused-ring (bicyclic) bond motifs is 19. The van der Waals surface area contributed by atoms with Crippen molar-refractivity contribution in [2.75, 3.05) is 10.2 Å². The van der Waals surface area contributed by atoms with Gasteiger partial charge in [-0.1, -0.05) is 264 Å². The Bertz CT molecular complexity index is 9180. The molecule has 696 valence electrons. The Hall–Kier alpha value is -18.2. The zero-order valence-electron chi connectivity index (χ0n) is 78.0. The van der Waals surface area contributed by atoms with Gasteiger partial charge in [0.2, 0.25) is 0 Å². The van der Waals surface area contributed by atoms with E-state index in [1.165, 1.54) is 117 Å². The molecule has 6 aromatic heterocycles. The highest BCUT2D eigenvalue weighted by Crippen LogP contribution is 2.50. The summed E-state index contributed by atoms with van der Waals surface area (Å²) in [6.45, 7) is 0. The van der Waals surface area contributed by atoms with Crippen LogP contribution in [0.1, 0.15) is 22.3 Å². The van der Waals surface area contributed by atoms with Gasteiger partial charge in [0.25, 0.3) is 0 Å². The van der Waals surface area contributed by atoms with Crippen molar-refractivity contribution >= 4 is 148 Å². The first kappa shape index (κ1) is 89.4. The van der Waals surface area contributed by atoms with E-state index in [0.29, 0.717) is 0 Å². The van der Waals surface area contributed by atoms with E-state index in [1.807, 2.05) is 91.0 Å². The van der Waals surface area contributed by atoms with Gasteiger partial charge in [0.15, 0.2) is 0 Å². The summed E-state index contributed by atoms with van der Waals surface area (Å²) in [6.07, 6.45) is 2.31. The minimum absolute atomic E-state index is 0.273. The third-order valence-corrected chi connectivity index (χ3v) is 27.9. The van der Waals surface area contributed by atoms with Gasteiger partial charge in [0.05, 0.1) is 33.1 Å². The molecule has 0 unspecified atom stereocenters. The second-order valence-electron chi connectivity index (χ2n) is 36.1. The Labute approximate surface area is 840 Å². The number of para-hydroxylation sites is 6. The van der Waals surface area contributed by atoms with Crippen LogP contribution in [0.3, 0.4) is 0 Å². The molecule has 2 aliphatic rings. The lowest BCUT2D eigenvalue weighted by atomic mass is 9.98. The van der Waals surface area contributed by atoms with Gasteiger partial charge in [0, 0.05) is 116 Å². The van der Waals surface area contributed by atoms with E-state index in [1.54, 1.807) is 78.4 Å². The molecular weight excluding hydrogens is 1870 g/mol. The number of halogens is 7. The third kappa shape index (κ3) is 16.9. The Morgan fingerprint density at radius 2 is 0.476 bits per heavy atom. The topological polar surface area (TPSA) is 44.9 Å². The quantitative estimate of drug-likeness (QED) is 0.117. The van der Waals surface area contributed by atoms with Crippen molar-refractivity contribution in [3.8, 4) is 56.4 Å². The van der Waals surface area contributed by atoms with Crippen molar-refractivity contribution in [2.45, 2.75) is 12.8 Å². The lowest BCUT2D eigenvalue weighted by Crippen LogP contribution is -2.09. The summed E-state index contributed by atoms with van der Waals surface area (Å²) >= 11 is 3.61.